The molecule has 128 valence electrons. The molecule has 2 aromatic heterocycles. The third-order valence-corrected chi connectivity index (χ3v) is 5.49. The molecule has 1 aliphatic rings. The van der Waals surface area contributed by atoms with Gasteiger partial charge in [-0.3, -0.25) is 19.0 Å². The summed E-state index contributed by atoms with van der Waals surface area (Å²) < 4.78 is 1.39. The van der Waals surface area contributed by atoms with Crippen molar-refractivity contribution in [1.82, 2.24) is 9.55 Å². The Hall–Kier alpha value is -2.22. The Balaban J connectivity index is 2.26. The fourth-order valence-electron chi connectivity index (χ4n) is 3.25. The minimum absolute atomic E-state index is 0.0347. The first kappa shape index (κ1) is 16.6. The summed E-state index contributed by atoms with van der Waals surface area (Å²) in [5.41, 5.74) is 0.259. The number of aromatic nitrogens is 2. The summed E-state index contributed by atoms with van der Waals surface area (Å²) in [6.07, 6.45) is 0.952. The molecule has 0 aliphatic heterocycles. The first-order chi connectivity index (χ1) is 11.3. The largest absolute Gasteiger partial charge is 0.481 e. The van der Waals surface area contributed by atoms with Crippen molar-refractivity contribution in [1.29, 1.82) is 0 Å². The summed E-state index contributed by atoms with van der Waals surface area (Å²) in [5.74, 6) is -2.10. The van der Waals surface area contributed by atoms with Crippen molar-refractivity contribution in [3.63, 3.8) is 0 Å². The highest BCUT2D eigenvalue weighted by Gasteiger charge is 2.34. The Kier molecular flexibility index (Phi) is 4.16. The number of carboxylic acids is 2. The number of fused-ring (bicyclic) bond motifs is 3. The number of hydrogen-bond donors (Lipinski definition) is 2. The highest BCUT2D eigenvalue weighted by atomic mass is 32.1. The summed E-state index contributed by atoms with van der Waals surface area (Å²) in [5, 5.41) is 18.7. The summed E-state index contributed by atoms with van der Waals surface area (Å²) in [6, 6.07) is 0. The van der Waals surface area contributed by atoms with Gasteiger partial charge in [0.2, 0.25) is 0 Å². The number of nitrogens with zero attached hydrogens (tertiary/aromatic N) is 2. The first-order valence-electron chi connectivity index (χ1n) is 7.81. The summed E-state index contributed by atoms with van der Waals surface area (Å²) in [4.78, 5) is 41.4. The minimum atomic E-state index is -0.990. The Morgan fingerprint density at radius 3 is 2.67 bits per heavy atom. The van der Waals surface area contributed by atoms with Gasteiger partial charge in [-0.05, 0) is 18.4 Å². The maximum absolute atomic E-state index is 13.0. The molecule has 0 fully saturated rings. The molecule has 0 saturated carbocycles. The van der Waals surface area contributed by atoms with Crippen LogP contribution in [0.5, 0.6) is 0 Å². The Labute approximate surface area is 141 Å². The van der Waals surface area contributed by atoms with Gasteiger partial charge in [-0.1, -0.05) is 13.8 Å². The van der Waals surface area contributed by atoms with Crippen LogP contribution in [0.2, 0.25) is 0 Å². The maximum Gasteiger partial charge on any atom is 0.311 e. The Morgan fingerprint density at radius 2 is 2.08 bits per heavy atom. The molecule has 0 aromatic carbocycles. The second-order valence-corrected chi connectivity index (χ2v) is 7.36. The van der Waals surface area contributed by atoms with Crippen LogP contribution in [-0.2, 0) is 22.6 Å². The molecule has 0 radical (unpaired) electrons. The molecule has 0 spiro atoms. The SMILES string of the molecule is CC(C)c1nc2sc3c(c2c(=O)n1CCC(=O)O)C(C(=O)O)CC3. The molecule has 2 N–H and O–H groups in total. The van der Waals surface area contributed by atoms with Crippen molar-refractivity contribution in [2.24, 2.45) is 0 Å². The van der Waals surface area contributed by atoms with Gasteiger partial charge < -0.3 is 10.2 Å². The number of rotatable bonds is 5. The molecule has 7 nitrogen and oxygen atoms in total. The van der Waals surface area contributed by atoms with E-state index in [0.717, 1.165) is 4.88 Å². The van der Waals surface area contributed by atoms with Gasteiger partial charge in [0.25, 0.3) is 5.56 Å². The summed E-state index contributed by atoms with van der Waals surface area (Å²) >= 11 is 1.38. The van der Waals surface area contributed by atoms with Gasteiger partial charge in [-0.2, -0.15) is 0 Å². The van der Waals surface area contributed by atoms with Gasteiger partial charge in [-0.15, -0.1) is 11.3 Å². The zero-order valence-corrected chi connectivity index (χ0v) is 14.2. The van der Waals surface area contributed by atoms with Crippen molar-refractivity contribution in [2.75, 3.05) is 0 Å². The predicted octanol–water partition coefficient (Wildman–Crippen LogP) is 2.17. The van der Waals surface area contributed by atoms with Gasteiger partial charge in [0.1, 0.15) is 10.7 Å². The normalized spacial score (nSPS) is 16.7. The molecule has 0 amide bonds. The lowest BCUT2D eigenvalue weighted by atomic mass is 10.0. The number of thiophene rings is 1. The minimum Gasteiger partial charge on any atom is -0.481 e. The molecule has 0 bridgehead atoms. The highest BCUT2D eigenvalue weighted by Crippen LogP contribution is 2.42. The molecular formula is C16H18N2O5S. The van der Waals surface area contributed by atoms with E-state index >= 15 is 0 Å². The van der Waals surface area contributed by atoms with Crippen LogP contribution in [0.15, 0.2) is 4.79 Å². The fourth-order valence-corrected chi connectivity index (χ4v) is 4.50. The smallest absolute Gasteiger partial charge is 0.311 e. The lowest BCUT2D eigenvalue weighted by Crippen LogP contribution is -2.27. The van der Waals surface area contributed by atoms with E-state index < -0.39 is 17.9 Å². The van der Waals surface area contributed by atoms with Crippen LogP contribution < -0.4 is 5.56 Å². The lowest BCUT2D eigenvalue weighted by Gasteiger charge is -2.15. The van der Waals surface area contributed by atoms with Crippen LogP contribution in [-0.4, -0.2) is 31.7 Å². The average molecular weight is 350 g/mol. The molecular weight excluding hydrogens is 332 g/mol. The second kappa shape index (κ2) is 6.01. The van der Waals surface area contributed by atoms with Crippen LogP contribution in [0, 0.1) is 0 Å². The molecule has 1 atom stereocenters. The second-order valence-electron chi connectivity index (χ2n) is 6.27. The zero-order valence-electron chi connectivity index (χ0n) is 13.4. The molecule has 24 heavy (non-hydrogen) atoms. The number of hydrogen-bond acceptors (Lipinski definition) is 5. The van der Waals surface area contributed by atoms with E-state index in [1.165, 1.54) is 15.9 Å². The maximum atomic E-state index is 13.0. The van der Waals surface area contributed by atoms with Crippen molar-refractivity contribution >= 4 is 33.5 Å². The monoisotopic (exact) mass is 350 g/mol. The van der Waals surface area contributed by atoms with Crippen molar-refractivity contribution < 1.29 is 19.8 Å². The zero-order chi connectivity index (χ0) is 17.6. The van der Waals surface area contributed by atoms with Crippen LogP contribution >= 0.6 is 11.3 Å². The quantitative estimate of drug-likeness (QED) is 0.855. The topological polar surface area (TPSA) is 109 Å². The van der Waals surface area contributed by atoms with E-state index in [1.54, 1.807) is 0 Å². The average Bonchev–Trinajstić information content (AvgIpc) is 3.03. The number of aliphatic carboxylic acids is 2. The van der Waals surface area contributed by atoms with Crippen LogP contribution in [0.1, 0.15) is 54.8 Å². The van der Waals surface area contributed by atoms with E-state index in [4.69, 9.17) is 5.11 Å². The van der Waals surface area contributed by atoms with Gasteiger partial charge >= 0.3 is 11.9 Å². The molecule has 2 aromatic rings. The van der Waals surface area contributed by atoms with Gasteiger partial charge in [-0.25, -0.2) is 4.98 Å². The number of carbonyl (C=O) groups is 2. The first-order valence-corrected chi connectivity index (χ1v) is 8.63. The fraction of sp³-hybridized carbons (Fsp3) is 0.500. The van der Waals surface area contributed by atoms with E-state index in [2.05, 4.69) is 4.98 Å². The van der Waals surface area contributed by atoms with Crippen LogP contribution in [0.4, 0.5) is 0 Å². The predicted molar refractivity (Wildman–Crippen MR) is 88.9 cm³/mol. The third-order valence-electron chi connectivity index (χ3n) is 4.33. The van der Waals surface area contributed by atoms with E-state index in [-0.39, 0.29) is 24.4 Å². The molecule has 3 rings (SSSR count). The number of carboxylic acid groups (broad SMARTS) is 2. The molecule has 0 saturated heterocycles. The van der Waals surface area contributed by atoms with Gasteiger partial charge in [0, 0.05) is 17.3 Å². The summed E-state index contributed by atoms with van der Waals surface area (Å²) in [6.45, 7) is 3.82. The highest BCUT2D eigenvalue weighted by molar-refractivity contribution is 7.18. The molecule has 8 heteroatoms. The standard InChI is InChI=1S/C16H18N2O5S/c1-7(2)13-17-14-12(15(21)18(13)6-5-10(19)20)11-8(16(22)23)3-4-9(11)24-14/h7-8H,3-6H2,1-2H3,(H,19,20)(H,22,23). The Morgan fingerprint density at radius 1 is 1.38 bits per heavy atom. The van der Waals surface area contributed by atoms with Gasteiger partial charge in [0.05, 0.1) is 17.7 Å². The molecule has 1 unspecified atom stereocenters. The van der Waals surface area contributed by atoms with E-state index in [1.807, 2.05) is 13.8 Å². The van der Waals surface area contributed by atoms with E-state index in [9.17, 15) is 19.5 Å². The van der Waals surface area contributed by atoms with E-state index in [0.29, 0.717) is 34.4 Å². The summed E-state index contributed by atoms with van der Waals surface area (Å²) in [7, 11) is 0. The number of aryl methyl sites for hydroxylation is 1. The van der Waals surface area contributed by atoms with Crippen LogP contribution in [0.25, 0.3) is 10.2 Å². The molecule has 2 heterocycles. The van der Waals surface area contributed by atoms with Crippen molar-refractivity contribution in [2.45, 2.75) is 51.5 Å². The third kappa shape index (κ3) is 2.60. The van der Waals surface area contributed by atoms with Crippen molar-refractivity contribution in [3.05, 3.63) is 26.6 Å². The molecule has 1 aliphatic carbocycles. The van der Waals surface area contributed by atoms with Crippen molar-refractivity contribution in [3.8, 4) is 0 Å². The van der Waals surface area contributed by atoms with Gasteiger partial charge in [0.15, 0.2) is 0 Å². The Bertz CT molecular complexity index is 896. The lowest BCUT2D eigenvalue weighted by molar-refractivity contribution is -0.139. The van der Waals surface area contributed by atoms with Crippen LogP contribution in [0.3, 0.4) is 0 Å².